The molecule has 2 aromatic rings. The van der Waals surface area contributed by atoms with E-state index in [0.29, 0.717) is 11.6 Å². The zero-order chi connectivity index (χ0) is 11.4. The molecule has 0 saturated heterocycles. The van der Waals surface area contributed by atoms with Crippen molar-refractivity contribution >= 4 is 0 Å². The van der Waals surface area contributed by atoms with E-state index in [-0.39, 0.29) is 6.61 Å². The summed E-state index contributed by atoms with van der Waals surface area (Å²) in [7, 11) is 1.56. The number of aromatic nitrogens is 2. The normalized spacial score (nSPS) is 10.1. The van der Waals surface area contributed by atoms with Crippen LogP contribution in [-0.2, 0) is 6.61 Å². The zero-order valence-corrected chi connectivity index (χ0v) is 8.92. The predicted octanol–water partition coefficient (Wildman–Crippen LogP) is 1.64. The minimum atomic E-state index is -0.0543. The standard InChI is InChI=1S/C12H12N2O2/c1-16-12-10(5-3-7-14-12)11-9(8-15)4-2-6-13-11/h2-7,15H,8H2,1H3. The van der Waals surface area contributed by atoms with Crippen LogP contribution in [0, 0.1) is 0 Å². The van der Waals surface area contributed by atoms with Gasteiger partial charge in [0.25, 0.3) is 0 Å². The van der Waals surface area contributed by atoms with Crippen LogP contribution in [0.2, 0.25) is 0 Å². The molecule has 0 saturated carbocycles. The maximum atomic E-state index is 9.24. The molecule has 0 unspecified atom stereocenters. The molecule has 0 aromatic carbocycles. The maximum Gasteiger partial charge on any atom is 0.222 e. The van der Waals surface area contributed by atoms with Crippen LogP contribution in [-0.4, -0.2) is 22.2 Å². The molecule has 2 rings (SSSR count). The summed E-state index contributed by atoms with van der Waals surface area (Å²) in [4.78, 5) is 8.35. The van der Waals surface area contributed by atoms with E-state index < -0.39 is 0 Å². The van der Waals surface area contributed by atoms with Crippen molar-refractivity contribution in [2.45, 2.75) is 6.61 Å². The summed E-state index contributed by atoms with van der Waals surface area (Å²) in [5.74, 6) is 0.510. The van der Waals surface area contributed by atoms with Gasteiger partial charge in [-0.15, -0.1) is 0 Å². The van der Waals surface area contributed by atoms with Gasteiger partial charge in [0.05, 0.1) is 25.0 Å². The number of methoxy groups -OCH3 is 1. The minimum absolute atomic E-state index is 0.0543. The predicted molar refractivity (Wildman–Crippen MR) is 59.9 cm³/mol. The molecule has 0 fully saturated rings. The first kappa shape index (κ1) is 10.6. The summed E-state index contributed by atoms with van der Waals surface area (Å²) in [6.07, 6.45) is 3.34. The second-order valence-electron chi connectivity index (χ2n) is 3.23. The van der Waals surface area contributed by atoms with Gasteiger partial charge in [-0.1, -0.05) is 6.07 Å². The lowest BCUT2D eigenvalue weighted by Gasteiger charge is -2.09. The van der Waals surface area contributed by atoms with Gasteiger partial charge in [-0.2, -0.15) is 0 Å². The zero-order valence-electron chi connectivity index (χ0n) is 8.92. The molecule has 2 heterocycles. The molecule has 0 bridgehead atoms. The summed E-state index contributed by atoms with van der Waals surface area (Å²) in [5, 5.41) is 9.24. The van der Waals surface area contributed by atoms with Crippen molar-refractivity contribution in [2.24, 2.45) is 0 Å². The van der Waals surface area contributed by atoms with Gasteiger partial charge in [-0.3, -0.25) is 4.98 Å². The summed E-state index contributed by atoms with van der Waals surface area (Å²) in [6, 6.07) is 7.30. The highest BCUT2D eigenvalue weighted by atomic mass is 16.5. The van der Waals surface area contributed by atoms with Crippen LogP contribution >= 0.6 is 0 Å². The van der Waals surface area contributed by atoms with Crippen LogP contribution in [0.25, 0.3) is 11.3 Å². The summed E-state index contributed by atoms with van der Waals surface area (Å²) in [6.45, 7) is -0.0543. The van der Waals surface area contributed by atoms with E-state index in [1.54, 1.807) is 25.6 Å². The van der Waals surface area contributed by atoms with Crippen molar-refractivity contribution < 1.29 is 9.84 Å². The molecule has 0 atom stereocenters. The van der Waals surface area contributed by atoms with Crippen molar-refractivity contribution in [2.75, 3.05) is 7.11 Å². The third-order valence-corrected chi connectivity index (χ3v) is 2.28. The molecular weight excluding hydrogens is 204 g/mol. The fourth-order valence-electron chi connectivity index (χ4n) is 1.54. The molecule has 16 heavy (non-hydrogen) atoms. The monoisotopic (exact) mass is 216 g/mol. The molecule has 2 aromatic heterocycles. The van der Waals surface area contributed by atoms with Gasteiger partial charge in [-0.25, -0.2) is 4.98 Å². The SMILES string of the molecule is COc1ncccc1-c1ncccc1CO. The third-order valence-electron chi connectivity index (χ3n) is 2.28. The van der Waals surface area contributed by atoms with Gasteiger partial charge < -0.3 is 9.84 Å². The highest BCUT2D eigenvalue weighted by molar-refractivity contribution is 5.67. The van der Waals surface area contributed by atoms with E-state index in [4.69, 9.17) is 4.74 Å². The van der Waals surface area contributed by atoms with Gasteiger partial charge in [-0.05, 0) is 18.2 Å². The summed E-state index contributed by atoms with van der Waals surface area (Å²) >= 11 is 0. The van der Waals surface area contributed by atoms with Crippen LogP contribution in [0.3, 0.4) is 0 Å². The number of pyridine rings is 2. The van der Waals surface area contributed by atoms with Crippen LogP contribution in [0.5, 0.6) is 5.88 Å². The fourth-order valence-corrected chi connectivity index (χ4v) is 1.54. The van der Waals surface area contributed by atoms with Gasteiger partial charge in [0.2, 0.25) is 5.88 Å². The second kappa shape index (κ2) is 4.72. The number of ether oxygens (including phenoxy) is 1. The Morgan fingerprint density at radius 1 is 1.19 bits per heavy atom. The summed E-state index contributed by atoms with van der Waals surface area (Å²) < 4.78 is 5.17. The van der Waals surface area contributed by atoms with Gasteiger partial charge >= 0.3 is 0 Å². The number of hydrogen-bond acceptors (Lipinski definition) is 4. The molecule has 0 spiro atoms. The lowest BCUT2D eigenvalue weighted by molar-refractivity contribution is 0.282. The van der Waals surface area contributed by atoms with Crippen molar-refractivity contribution in [3.63, 3.8) is 0 Å². The Bertz CT molecular complexity index is 440. The van der Waals surface area contributed by atoms with E-state index in [1.165, 1.54) is 0 Å². The van der Waals surface area contributed by atoms with E-state index in [9.17, 15) is 5.11 Å². The Kier molecular flexibility index (Phi) is 3.12. The van der Waals surface area contributed by atoms with E-state index in [2.05, 4.69) is 9.97 Å². The first-order valence-corrected chi connectivity index (χ1v) is 4.91. The van der Waals surface area contributed by atoms with Crippen LogP contribution in [0.1, 0.15) is 5.56 Å². The second-order valence-corrected chi connectivity index (χ2v) is 3.23. The molecule has 4 nitrogen and oxygen atoms in total. The first-order valence-electron chi connectivity index (χ1n) is 4.91. The maximum absolute atomic E-state index is 9.24. The number of aliphatic hydroxyl groups excluding tert-OH is 1. The lowest BCUT2D eigenvalue weighted by atomic mass is 10.1. The summed E-state index contributed by atoms with van der Waals surface area (Å²) in [5.41, 5.74) is 2.25. The molecule has 0 aliphatic carbocycles. The topological polar surface area (TPSA) is 55.2 Å². The smallest absolute Gasteiger partial charge is 0.222 e. The Morgan fingerprint density at radius 2 is 1.94 bits per heavy atom. The first-order chi connectivity index (χ1) is 7.86. The van der Waals surface area contributed by atoms with Gasteiger partial charge in [0.15, 0.2) is 0 Å². The molecule has 4 heteroatoms. The molecule has 0 amide bonds. The quantitative estimate of drug-likeness (QED) is 0.847. The Hall–Kier alpha value is -1.94. The van der Waals surface area contributed by atoms with Crippen LogP contribution < -0.4 is 4.74 Å². The highest BCUT2D eigenvalue weighted by Gasteiger charge is 2.10. The molecule has 82 valence electrons. The Labute approximate surface area is 93.6 Å². The molecule has 0 aliphatic rings. The number of nitrogens with zero attached hydrogens (tertiary/aromatic N) is 2. The number of rotatable bonds is 3. The highest BCUT2D eigenvalue weighted by Crippen LogP contribution is 2.28. The van der Waals surface area contributed by atoms with Crippen LogP contribution in [0.15, 0.2) is 36.7 Å². The van der Waals surface area contributed by atoms with E-state index in [0.717, 1.165) is 11.1 Å². The van der Waals surface area contributed by atoms with Crippen molar-refractivity contribution in [3.8, 4) is 17.1 Å². The van der Waals surface area contributed by atoms with Gasteiger partial charge in [0, 0.05) is 18.0 Å². The molecule has 0 aliphatic heterocycles. The van der Waals surface area contributed by atoms with E-state index >= 15 is 0 Å². The van der Waals surface area contributed by atoms with E-state index in [1.807, 2.05) is 18.2 Å². The number of aliphatic hydroxyl groups is 1. The van der Waals surface area contributed by atoms with Crippen molar-refractivity contribution in [1.29, 1.82) is 0 Å². The average molecular weight is 216 g/mol. The Morgan fingerprint density at radius 3 is 2.69 bits per heavy atom. The lowest BCUT2D eigenvalue weighted by Crippen LogP contribution is -1.96. The largest absolute Gasteiger partial charge is 0.481 e. The van der Waals surface area contributed by atoms with Crippen molar-refractivity contribution in [1.82, 2.24) is 9.97 Å². The van der Waals surface area contributed by atoms with Gasteiger partial charge in [0.1, 0.15) is 0 Å². The molecule has 0 radical (unpaired) electrons. The molecular formula is C12H12N2O2. The Balaban J connectivity index is 2.58. The molecule has 1 N–H and O–H groups in total. The number of hydrogen-bond donors (Lipinski definition) is 1. The minimum Gasteiger partial charge on any atom is -0.481 e. The average Bonchev–Trinajstić information content (AvgIpc) is 2.38. The van der Waals surface area contributed by atoms with Crippen LogP contribution in [0.4, 0.5) is 0 Å². The van der Waals surface area contributed by atoms with Crippen molar-refractivity contribution in [3.05, 3.63) is 42.2 Å². The fraction of sp³-hybridized carbons (Fsp3) is 0.167. The third kappa shape index (κ3) is 1.87.